The Balaban J connectivity index is 1.51. The number of hydrogen-bond donors (Lipinski definition) is 1. The van der Waals surface area contributed by atoms with Crippen molar-refractivity contribution in [1.82, 2.24) is 4.31 Å². The van der Waals surface area contributed by atoms with Crippen molar-refractivity contribution >= 4 is 32.0 Å². The summed E-state index contributed by atoms with van der Waals surface area (Å²) in [5.41, 5.74) is -1.22. The third-order valence-electron chi connectivity index (χ3n) is 6.08. The minimum absolute atomic E-state index is 0.0152. The van der Waals surface area contributed by atoms with Crippen LogP contribution in [0.15, 0.2) is 34.5 Å². The minimum Gasteiger partial charge on any atom is -0.393 e. The van der Waals surface area contributed by atoms with Gasteiger partial charge in [0, 0.05) is 44.5 Å². The van der Waals surface area contributed by atoms with Gasteiger partial charge in [-0.2, -0.15) is 17.5 Å². The highest BCUT2D eigenvalue weighted by molar-refractivity contribution is 7.91. The Bertz CT molecular complexity index is 1100. The quantitative estimate of drug-likeness (QED) is 0.639. The largest absolute Gasteiger partial charge is 0.418 e. The zero-order valence-electron chi connectivity index (χ0n) is 17.9. The van der Waals surface area contributed by atoms with Crippen LogP contribution < -0.4 is 9.80 Å². The number of piperazine rings is 1. The van der Waals surface area contributed by atoms with E-state index in [2.05, 4.69) is 0 Å². The molecule has 0 unspecified atom stereocenters. The van der Waals surface area contributed by atoms with Gasteiger partial charge in [0.25, 0.3) is 10.0 Å². The number of alkyl halides is 3. The van der Waals surface area contributed by atoms with Gasteiger partial charge in [-0.3, -0.25) is 0 Å². The average Bonchev–Trinajstić information content (AvgIpc) is 3.24. The Morgan fingerprint density at radius 2 is 1.73 bits per heavy atom. The first-order valence-electron chi connectivity index (χ1n) is 10.6. The van der Waals surface area contributed by atoms with E-state index in [1.165, 1.54) is 9.21 Å². The number of halogens is 4. The lowest BCUT2D eigenvalue weighted by atomic mass is 10.1. The Labute approximate surface area is 194 Å². The van der Waals surface area contributed by atoms with Crippen LogP contribution in [0.3, 0.4) is 0 Å². The highest BCUT2D eigenvalue weighted by atomic mass is 32.2. The van der Waals surface area contributed by atoms with Crippen LogP contribution in [-0.4, -0.2) is 62.7 Å². The fourth-order valence-electron chi connectivity index (χ4n) is 4.35. The SMILES string of the molecule is C[C@@H]1CN(c2ccc(F)cc2C(F)(F)F)CCN1S(=O)(=O)c1ccc(N2CCC(O)CC2)s1. The van der Waals surface area contributed by atoms with Crippen molar-refractivity contribution in [2.24, 2.45) is 0 Å². The van der Waals surface area contributed by atoms with E-state index in [-0.39, 0.29) is 35.6 Å². The van der Waals surface area contributed by atoms with Crippen molar-refractivity contribution in [2.45, 2.75) is 42.3 Å². The first-order valence-corrected chi connectivity index (χ1v) is 12.9. The second-order valence-electron chi connectivity index (χ2n) is 8.38. The van der Waals surface area contributed by atoms with Crippen molar-refractivity contribution in [3.8, 4) is 0 Å². The fourth-order valence-corrected chi connectivity index (χ4v) is 7.44. The zero-order valence-corrected chi connectivity index (χ0v) is 19.6. The summed E-state index contributed by atoms with van der Waals surface area (Å²) < 4.78 is 81.8. The van der Waals surface area contributed by atoms with Gasteiger partial charge in [0.1, 0.15) is 10.0 Å². The predicted octanol–water partition coefficient (Wildman–Crippen LogP) is 3.77. The Morgan fingerprint density at radius 1 is 1.03 bits per heavy atom. The van der Waals surface area contributed by atoms with Gasteiger partial charge in [-0.15, -0.1) is 11.3 Å². The number of hydrogen-bond acceptors (Lipinski definition) is 6. The summed E-state index contributed by atoms with van der Waals surface area (Å²) in [4.78, 5) is 3.50. The lowest BCUT2D eigenvalue weighted by Crippen LogP contribution is -2.54. The van der Waals surface area contributed by atoms with Gasteiger partial charge in [-0.05, 0) is 50.1 Å². The number of piperidine rings is 1. The van der Waals surface area contributed by atoms with Gasteiger partial charge >= 0.3 is 6.18 Å². The van der Waals surface area contributed by atoms with E-state index < -0.39 is 33.6 Å². The number of nitrogens with zero attached hydrogens (tertiary/aromatic N) is 3. The van der Waals surface area contributed by atoms with Gasteiger partial charge in [0.15, 0.2) is 0 Å². The van der Waals surface area contributed by atoms with E-state index in [4.69, 9.17) is 0 Å². The molecule has 1 atom stereocenters. The van der Waals surface area contributed by atoms with Gasteiger partial charge < -0.3 is 14.9 Å². The summed E-state index contributed by atoms with van der Waals surface area (Å²) in [6.45, 7) is 3.07. The maximum Gasteiger partial charge on any atom is 0.418 e. The van der Waals surface area contributed by atoms with Gasteiger partial charge in [0.2, 0.25) is 0 Å². The molecule has 182 valence electrons. The number of aliphatic hydroxyl groups is 1. The normalized spacial score (nSPS) is 21.6. The third-order valence-corrected chi connectivity index (χ3v) is 9.70. The molecule has 2 saturated heterocycles. The predicted molar refractivity (Wildman–Crippen MR) is 119 cm³/mol. The third kappa shape index (κ3) is 4.98. The highest BCUT2D eigenvalue weighted by Crippen LogP contribution is 2.39. The average molecular weight is 508 g/mol. The molecule has 2 aliphatic rings. The Hall–Kier alpha value is -1.89. The molecule has 1 aromatic heterocycles. The molecule has 1 N–H and O–H groups in total. The molecule has 6 nitrogen and oxygen atoms in total. The van der Waals surface area contributed by atoms with Crippen molar-refractivity contribution in [2.75, 3.05) is 42.5 Å². The Morgan fingerprint density at radius 3 is 2.36 bits per heavy atom. The molecule has 0 spiro atoms. The van der Waals surface area contributed by atoms with Crippen molar-refractivity contribution < 1.29 is 31.1 Å². The molecule has 0 saturated carbocycles. The van der Waals surface area contributed by atoms with Crippen LogP contribution in [0.1, 0.15) is 25.3 Å². The van der Waals surface area contributed by atoms with Crippen LogP contribution in [0.2, 0.25) is 0 Å². The van der Waals surface area contributed by atoms with E-state index in [0.29, 0.717) is 32.0 Å². The number of anilines is 2. The zero-order chi connectivity index (χ0) is 24.0. The number of thiophene rings is 1. The molecule has 3 heterocycles. The molecule has 2 aliphatic heterocycles. The summed E-state index contributed by atoms with van der Waals surface area (Å²) in [5, 5.41) is 10.5. The molecule has 0 aliphatic carbocycles. The summed E-state index contributed by atoms with van der Waals surface area (Å²) in [7, 11) is -3.82. The molecular formula is C21H25F4N3O3S2. The molecule has 4 rings (SSSR count). The Kier molecular flexibility index (Phi) is 6.64. The smallest absolute Gasteiger partial charge is 0.393 e. The first-order chi connectivity index (χ1) is 15.5. The van der Waals surface area contributed by atoms with E-state index in [1.54, 1.807) is 19.1 Å². The van der Waals surface area contributed by atoms with Crippen LogP contribution in [0.5, 0.6) is 0 Å². The molecule has 12 heteroatoms. The second-order valence-corrected chi connectivity index (χ2v) is 11.6. The van der Waals surface area contributed by atoms with Crippen molar-refractivity contribution in [3.05, 3.63) is 41.7 Å². The maximum absolute atomic E-state index is 13.5. The molecule has 2 fully saturated rings. The summed E-state index contributed by atoms with van der Waals surface area (Å²) in [5.74, 6) is -0.975. The van der Waals surface area contributed by atoms with E-state index in [1.807, 2.05) is 4.90 Å². The van der Waals surface area contributed by atoms with Crippen LogP contribution in [-0.2, 0) is 16.2 Å². The molecule has 0 bridgehead atoms. The highest BCUT2D eigenvalue weighted by Gasteiger charge is 2.39. The maximum atomic E-state index is 13.5. The number of benzene rings is 1. The van der Waals surface area contributed by atoms with E-state index in [0.717, 1.165) is 28.5 Å². The van der Waals surface area contributed by atoms with Crippen molar-refractivity contribution in [3.63, 3.8) is 0 Å². The number of rotatable bonds is 4. The lowest BCUT2D eigenvalue weighted by Gasteiger charge is -2.40. The molecule has 0 amide bonds. The van der Waals surface area contributed by atoms with Crippen LogP contribution >= 0.6 is 11.3 Å². The summed E-state index contributed by atoms with van der Waals surface area (Å²) >= 11 is 1.16. The molecule has 33 heavy (non-hydrogen) atoms. The molecule has 0 radical (unpaired) electrons. The topological polar surface area (TPSA) is 64.1 Å². The van der Waals surface area contributed by atoms with Gasteiger partial charge in [-0.25, -0.2) is 12.8 Å². The minimum atomic E-state index is -4.72. The molecule has 1 aromatic carbocycles. The summed E-state index contributed by atoms with van der Waals surface area (Å²) in [6.07, 6.45) is -3.80. The van der Waals surface area contributed by atoms with Crippen LogP contribution in [0.4, 0.5) is 28.3 Å². The van der Waals surface area contributed by atoms with Crippen LogP contribution in [0, 0.1) is 5.82 Å². The standard InChI is InChI=1S/C21H25F4N3O3S2/c1-14-13-27(18-3-2-15(22)12-17(18)21(23,24)25)10-11-28(14)33(30,31)20-5-4-19(32-20)26-8-6-16(29)7-9-26/h2-5,12,14,16,29H,6-11,13H2,1H3/t14-/m1/s1. The van der Waals surface area contributed by atoms with Gasteiger partial charge in [0.05, 0.1) is 16.7 Å². The second kappa shape index (κ2) is 9.05. The number of sulfonamides is 1. The van der Waals surface area contributed by atoms with E-state index in [9.17, 15) is 31.1 Å². The first kappa shape index (κ1) is 24.2. The van der Waals surface area contributed by atoms with E-state index >= 15 is 0 Å². The van der Waals surface area contributed by atoms with Crippen LogP contribution in [0.25, 0.3) is 0 Å². The molecular weight excluding hydrogens is 482 g/mol. The lowest BCUT2D eigenvalue weighted by molar-refractivity contribution is -0.137. The van der Waals surface area contributed by atoms with Gasteiger partial charge in [-0.1, -0.05) is 0 Å². The monoisotopic (exact) mass is 507 g/mol. The number of aliphatic hydroxyl groups excluding tert-OH is 1. The molecule has 2 aromatic rings. The summed E-state index contributed by atoms with van der Waals surface area (Å²) in [6, 6.07) is 5.27. The fraction of sp³-hybridized carbons (Fsp3) is 0.524. The van der Waals surface area contributed by atoms with Crippen molar-refractivity contribution in [1.29, 1.82) is 0 Å².